The minimum Gasteiger partial charge on any atom is -0.453 e. The fourth-order valence-electron chi connectivity index (χ4n) is 0.918. The van der Waals surface area contributed by atoms with Crippen LogP contribution in [0, 0.1) is 12.3 Å². The maximum absolute atomic E-state index is 9.48. The molecular weight excluding hydrogens is 176 g/mol. The van der Waals surface area contributed by atoms with Crippen molar-refractivity contribution in [3.05, 3.63) is 23.1 Å². The third-order valence-electron chi connectivity index (χ3n) is 1.57. The highest BCUT2D eigenvalue weighted by Crippen LogP contribution is 2.26. The lowest BCUT2D eigenvalue weighted by molar-refractivity contribution is 0.169. The smallest absolute Gasteiger partial charge is 0.198 e. The van der Waals surface area contributed by atoms with Crippen LogP contribution in [0.5, 0.6) is 0 Å². The van der Waals surface area contributed by atoms with Crippen molar-refractivity contribution in [3.8, 4) is 12.3 Å². The fourth-order valence-corrected chi connectivity index (χ4v) is 1.16. The molecule has 0 saturated carbocycles. The van der Waals surface area contributed by atoms with E-state index in [9.17, 15) is 5.11 Å². The number of rotatable bonds is 3. The second kappa shape index (κ2) is 4.20. The first-order valence-electron chi connectivity index (χ1n) is 3.60. The highest BCUT2D eigenvalue weighted by Gasteiger charge is 2.12. The van der Waals surface area contributed by atoms with Gasteiger partial charge in [-0.15, -0.1) is 12.3 Å². The molecule has 1 unspecified atom stereocenters. The Labute approximate surface area is 76.1 Å². The standard InChI is InChI=1S/C9H9ClO2/c1-2-3-4-8(11)7-5-6-12-9(7)10/h1,5-6,8,11H,3-4H2. The summed E-state index contributed by atoms with van der Waals surface area (Å²) in [5.74, 6) is 2.45. The van der Waals surface area contributed by atoms with Crippen LogP contribution in [0.2, 0.25) is 5.22 Å². The molecule has 0 aliphatic carbocycles. The molecule has 1 aromatic heterocycles. The molecule has 12 heavy (non-hydrogen) atoms. The Morgan fingerprint density at radius 1 is 1.75 bits per heavy atom. The lowest BCUT2D eigenvalue weighted by atomic mass is 10.1. The average molecular weight is 185 g/mol. The highest BCUT2D eigenvalue weighted by molar-refractivity contribution is 6.29. The second-order valence-electron chi connectivity index (χ2n) is 2.41. The summed E-state index contributed by atoms with van der Waals surface area (Å²) in [6, 6.07) is 1.64. The molecule has 0 bridgehead atoms. The van der Waals surface area contributed by atoms with Gasteiger partial charge in [-0.2, -0.15) is 0 Å². The van der Waals surface area contributed by atoms with Crippen molar-refractivity contribution in [1.82, 2.24) is 0 Å². The van der Waals surface area contributed by atoms with Gasteiger partial charge < -0.3 is 9.52 Å². The summed E-state index contributed by atoms with van der Waals surface area (Å²) in [5.41, 5.74) is 0.604. The topological polar surface area (TPSA) is 33.4 Å². The van der Waals surface area contributed by atoms with Gasteiger partial charge in [0.05, 0.1) is 12.4 Å². The molecule has 0 amide bonds. The Kier molecular flexibility index (Phi) is 3.21. The summed E-state index contributed by atoms with van der Waals surface area (Å²) in [6.45, 7) is 0. The average Bonchev–Trinajstić information content (AvgIpc) is 2.47. The number of aliphatic hydroxyl groups excluding tert-OH is 1. The molecular formula is C9H9ClO2. The Bertz CT molecular complexity index is 285. The summed E-state index contributed by atoms with van der Waals surface area (Å²) in [7, 11) is 0. The summed E-state index contributed by atoms with van der Waals surface area (Å²) in [4.78, 5) is 0. The van der Waals surface area contributed by atoms with Crippen molar-refractivity contribution < 1.29 is 9.52 Å². The van der Waals surface area contributed by atoms with E-state index in [0.717, 1.165) is 0 Å². The fraction of sp³-hybridized carbons (Fsp3) is 0.333. The number of hydrogen-bond acceptors (Lipinski definition) is 2. The third-order valence-corrected chi connectivity index (χ3v) is 1.87. The van der Waals surface area contributed by atoms with Gasteiger partial charge in [-0.05, 0) is 24.1 Å². The van der Waals surface area contributed by atoms with E-state index in [0.29, 0.717) is 18.4 Å². The van der Waals surface area contributed by atoms with Gasteiger partial charge in [0.15, 0.2) is 5.22 Å². The molecule has 0 aromatic carbocycles. The SMILES string of the molecule is C#CCCC(O)c1ccoc1Cl. The number of hydrogen-bond donors (Lipinski definition) is 1. The Hall–Kier alpha value is -0.910. The molecule has 3 heteroatoms. The molecule has 0 fully saturated rings. The first kappa shape index (κ1) is 9.18. The quantitative estimate of drug-likeness (QED) is 0.732. The van der Waals surface area contributed by atoms with Crippen molar-refractivity contribution in [3.63, 3.8) is 0 Å². The predicted octanol–water partition coefficient (Wildman–Crippen LogP) is 2.38. The van der Waals surface area contributed by atoms with Crippen LogP contribution in [0.25, 0.3) is 0 Å². The zero-order valence-electron chi connectivity index (χ0n) is 6.46. The predicted molar refractivity (Wildman–Crippen MR) is 46.7 cm³/mol. The van der Waals surface area contributed by atoms with Gasteiger partial charge in [0, 0.05) is 12.0 Å². The van der Waals surface area contributed by atoms with Crippen molar-refractivity contribution in [2.24, 2.45) is 0 Å². The Morgan fingerprint density at radius 2 is 2.50 bits per heavy atom. The molecule has 1 N–H and O–H groups in total. The van der Waals surface area contributed by atoms with E-state index in [-0.39, 0.29) is 5.22 Å². The third kappa shape index (κ3) is 2.04. The zero-order valence-corrected chi connectivity index (χ0v) is 7.21. The van der Waals surface area contributed by atoms with Crippen LogP contribution in [-0.4, -0.2) is 5.11 Å². The van der Waals surface area contributed by atoms with Gasteiger partial charge in [0.1, 0.15) is 0 Å². The molecule has 2 nitrogen and oxygen atoms in total. The molecule has 0 radical (unpaired) electrons. The van der Waals surface area contributed by atoms with Gasteiger partial charge in [-0.3, -0.25) is 0 Å². The number of aliphatic hydroxyl groups is 1. The number of furan rings is 1. The number of terminal acetylenes is 1. The molecule has 0 spiro atoms. The molecule has 0 aliphatic rings. The summed E-state index contributed by atoms with van der Waals surface area (Å²) < 4.78 is 4.82. The van der Waals surface area contributed by atoms with E-state index in [1.807, 2.05) is 0 Å². The summed E-state index contributed by atoms with van der Waals surface area (Å²) in [5, 5.41) is 9.72. The lowest BCUT2D eigenvalue weighted by Crippen LogP contribution is -1.95. The van der Waals surface area contributed by atoms with Crippen LogP contribution in [0.1, 0.15) is 24.5 Å². The van der Waals surface area contributed by atoms with E-state index in [4.69, 9.17) is 22.4 Å². The van der Waals surface area contributed by atoms with E-state index in [2.05, 4.69) is 5.92 Å². The first-order valence-corrected chi connectivity index (χ1v) is 3.98. The van der Waals surface area contributed by atoms with E-state index in [1.165, 1.54) is 6.26 Å². The molecule has 0 saturated heterocycles. The monoisotopic (exact) mass is 184 g/mol. The minimum atomic E-state index is -0.618. The van der Waals surface area contributed by atoms with Gasteiger partial charge >= 0.3 is 0 Å². The van der Waals surface area contributed by atoms with Gasteiger partial charge in [-0.1, -0.05) is 0 Å². The van der Waals surface area contributed by atoms with Crippen LogP contribution in [0.15, 0.2) is 16.7 Å². The maximum Gasteiger partial charge on any atom is 0.198 e. The van der Waals surface area contributed by atoms with Crippen LogP contribution in [0.3, 0.4) is 0 Å². The Morgan fingerprint density at radius 3 is 3.00 bits per heavy atom. The summed E-state index contributed by atoms with van der Waals surface area (Å²) >= 11 is 5.64. The molecule has 0 aliphatic heterocycles. The largest absolute Gasteiger partial charge is 0.453 e. The Balaban J connectivity index is 2.60. The first-order chi connectivity index (χ1) is 5.75. The summed E-state index contributed by atoms with van der Waals surface area (Å²) in [6.07, 6.45) is 6.91. The maximum atomic E-state index is 9.48. The van der Waals surface area contributed by atoms with Gasteiger partial charge in [0.2, 0.25) is 0 Å². The molecule has 1 aromatic rings. The van der Waals surface area contributed by atoms with Crippen molar-refractivity contribution in [2.45, 2.75) is 18.9 Å². The second-order valence-corrected chi connectivity index (χ2v) is 2.75. The minimum absolute atomic E-state index is 0.236. The number of halogens is 1. The van der Waals surface area contributed by atoms with Crippen molar-refractivity contribution in [2.75, 3.05) is 0 Å². The molecule has 1 atom stereocenters. The molecule has 1 rings (SSSR count). The van der Waals surface area contributed by atoms with Crippen LogP contribution >= 0.6 is 11.6 Å². The van der Waals surface area contributed by atoms with Gasteiger partial charge in [0.25, 0.3) is 0 Å². The van der Waals surface area contributed by atoms with Crippen LogP contribution in [-0.2, 0) is 0 Å². The van der Waals surface area contributed by atoms with Crippen LogP contribution in [0.4, 0.5) is 0 Å². The van der Waals surface area contributed by atoms with E-state index < -0.39 is 6.10 Å². The normalized spacial score (nSPS) is 12.4. The molecule has 1 heterocycles. The van der Waals surface area contributed by atoms with E-state index in [1.54, 1.807) is 6.07 Å². The zero-order chi connectivity index (χ0) is 8.97. The molecule has 64 valence electrons. The van der Waals surface area contributed by atoms with Crippen molar-refractivity contribution in [1.29, 1.82) is 0 Å². The van der Waals surface area contributed by atoms with Crippen molar-refractivity contribution >= 4 is 11.6 Å². The van der Waals surface area contributed by atoms with Gasteiger partial charge in [-0.25, -0.2) is 0 Å². The van der Waals surface area contributed by atoms with E-state index >= 15 is 0 Å². The highest BCUT2D eigenvalue weighted by atomic mass is 35.5. The lowest BCUT2D eigenvalue weighted by Gasteiger charge is -2.05. The van der Waals surface area contributed by atoms with Crippen LogP contribution < -0.4 is 0 Å².